The summed E-state index contributed by atoms with van der Waals surface area (Å²) < 4.78 is 6.78. The van der Waals surface area contributed by atoms with Crippen molar-refractivity contribution >= 4 is 11.8 Å². The van der Waals surface area contributed by atoms with Gasteiger partial charge in [0.15, 0.2) is 11.5 Å². The zero-order chi connectivity index (χ0) is 17.8. The van der Waals surface area contributed by atoms with Gasteiger partial charge in [-0.3, -0.25) is 9.48 Å². The van der Waals surface area contributed by atoms with E-state index in [0.29, 0.717) is 11.3 Å². The minimum atomic E-state index is -0.564. The smallest absolute Gasteiger partial charge is 0.357 e. The molecule has 3 rings (SSSR count). The van der Waals surface area contributed by atoms with Crippen molar-refractivity contribution < 1.29 is 14.3 Å². The van der Waals surface area contributed by atoms with E-state index in [1.54, 1.807) is 38.2 Å². The molecule has 0 saturated heterocycles. The maximum Gasteiger partial charge on any atom is 0.357 e. The van der Waals surface area contributed by atoms with Crippen LogP contribution in [-0.4, -0.2) is 21.5 Å². The number of ketones is 1. The van der Waals surface area contributed by atoms with Crippen molar-refractivity contribution in [3.05, 3.63) is 88.7 Å². The van der Waals surface area contributed by atoms with Crippen LogP contribution in [-0.2, 0) is 18.4 Å². The summed E-state index contributed by atoms with van der Waals surface area (Å²) in [6.45, 7) is 1.85. The molecule has 0 fully saturated rings. The Morgan fingerprint density at radius 1 is 1.00 bits per heavy atom. The van der Waals surface area contributed by atoms with Crippen molar-refractivity contribution in [3.8, 4) is 0 Å². The Labute approximate surface area is 145 Å². The summed E-state index contributed by atoms with van der Waals surface area (Å²) in [5, 5.41) is 4.23. The van der Waals surface area contributed by atoms with E-state index in [-0.39, 0.29) is 23.6 Å². The molecule has 0 N–H and O–H groups in total. The predicted octanol–water partition coefficient (Wildman–Crippen LogP) is 3.32. The molecular formula is C20H18N2O3. The van der Waals surface area contributed by atoms with Crippen LogP contribution in [0.25, 0.3) is 0 Å². The van der Waals surface area contributed by atoms with Crippen LogP contribution < -0.4 is 0 Å². The van der Waals surface area contributed by atoms with Gasteiger partial charge in [-0.2, -0.15) is 5.10 Å². The van der Waals surface area contributed by atoms with Gasteiger partial charge in [-0.25, -0.2) is 4.79 Å². The molecule has 0 unspecified atom stereocenters. The quantitative estimate of drug-likeness (QED) is 0.530. The van der Waals surface area contributed by atoms with E-state index in [1.807, 2.05) is 36.4 Å². The fourth-order valence-electron chi connectivity index (χ4n) is 2.69. The number of hydrogen-bond donors (Lipinski definition) is 0. The summed E-state index contributed by atoms with van der Waals surface area (Å²) >= 11 is 0. The van der Waals surface area contributed by atoms with Crippen molar-refractivity contribution in [2.75, 3.05) is 0 Å². The second-order valence-corrected chi connectivity index (χ2v) is 5.69. The third-order valence-electron chi connectivity index (χ3n) is 3.89. The van der Waals surface area contributed by atoms with Crippen LogP contribution >= 0.6 is 0 Å². The number of rotatable bonds is 5. The molecule has 0 aliphatic heterocycles. The lowest BCUT2D eigenvalue weighted by molar-refractivity contribution is 0.0457. The summed E-state index contributed by atoms with van der Waals surface area (Å²) in [6.07, 6.45) is 0. The van der Waals surface area contributed by atoms with Crippen molar-refractivity contribution in [1.82, 2.24) is 9.78 Å². The van der Waals surface area contributed by atoms with E-state index >= 15 is 0 Å². The molecular weight excluding hydrogens is 316 g/mol. The van der Waals surface area contributed by atoms with Gasteiger partial charge in [-0.1, -0.05) is 60.7 Å². The summed E-state index contributed by atoms with van der Waals surface area (Å²) in [6, 6.07) is 18.2. The lowest BCUT2D eigenvalue weighted by Gasteiger charge is -2.07. The fourth-order valence-corrected chi connectivity index (χ4v) is 2.69. The number of carbonyl (C=O) groups excluding carboxylic acids is 2. The number of aryl methyl sites for hydroxylation is 2. The second-order valence-electron chi connectivity index (χ2n) is 5.69. The highest BCUT2D eigenvalue weighted by molar-refractivity contribution is 6.14. The molecule has 0 aliphatic rings. The molecule has 2 aromatic carbocycles. The molecule has 0 aliphatic carbocycles. The number of hydrogen-bond acceptors (Lipinski definition) is 4. The van der Waals surface area contributed by atoms with Crippen LogP contribution in [0.15, 0.2) is 60.7 Å². The minimum Gasteiger partial charge on any atom is -0.456 e. The monoisotopic (exact) mass is 334 g/mol. The average molecular weight is 334 g/mol. The van der Waals surface area contributed by atoms with Gasteiger partial charge in [0.05, 0.1) is 11.3 Å². The number of benzene rings is 2. The number of nitrogens with zero attached hydrogens (tertiary/aromatic N) is 2. The molecule has 1 heterocycles. The Bertz CT molecular complexity index is 899. The molecule has 0 bridgehead atoms. The van der Waals surface area contributed by atoms with Crippen molar-refractivity contribution in [1.29, 1.82) is 0 Å². The third-order valence-corrected chi connectivity index (χ3v) is 3.89. The average Bonchev–Trinajstić information content (AvgIpc) is 2.94. The third kappa shape index (κ3) is 3.50. The predicted molar refractivity (Wildman–Crippen MR) is 93.4 cm³/mol. The molecule has 126 valence electrons. The number of esters is 1. The Hall–Kier alpha value is -3.21. The van der Waals surface area contributed by atoms with Crippen LogP contribution in [0.5, 0.6) is 0 Å². The molecule has 0 radical (unpaired) electrons. The van der Waals surface area contributed by atoms with Gasteiger partial charge < -0.3 is 4.74 Å². The Morgan fingerprint density at radius 2 is 1.60 bits per heavy atom. The highest BCUT2D eigenvalue weighted by atomic mass is 16.5. The molecule has 0 saturated carbocycles. The maximum absolute atomic E-state index is 12.8. The van der Waals surface area contributed by atoms with E-state index in [4.69, 9.17) is 4.74 Å². The zero-order valence-electron chi connectivity index (χ0n) is 14.1. The summed E-state index contributed by atoms with van der Waals surface area (Å²) in [7, 11) is 1.63. The van der Waals surface area contributed by atoms with Crippen LogP contribution in [0.4, 0.5) is 0 Å². The summed E-state index contributed by atoms with van der Waals surface area (Å²) in [4.78, 5) is 25.4. The largest absolute Gasteiger partial charge is 0.456 e. The van der Waals surface area contributed by atoms with Gasteiger partial charge in [0.25, 0.3) is 0 Å². The van der Waals surface area contributed by atoms with E-state index in [2.05, 4.69) is 5.10 Å². The molecule has 0 amide bonds. The molecule has 0 spiro atoms. The molecule has 1 aromatic heterocycles. The minimum absolute atomic E-state index is 0.142. The van der Waals surface area contributed by atoms with Gasteiger partial charge in [0.2, 0.25) is 0 Å². The van der Waals surface area contributed by atoms with Crippen molar-refractivity contribution in [3.63, 3.8) is 0 Å². The topological polar surface area (TPSA) is 61.2 Å². The van der Waals surface area contributed by atoms with Crippen molar-refractivity contribution in [2.24, 2.45) is 7.05 Å². The second kappa shape index (κ2) is 7.13. The number of ether oxygens (including phenoxy) is 1. The highest BCUT2D eigenvalue weighted by Gasteiger charge is 2.27. The van der Waals surface area contributed by atoms with E-state index < -0.39 is 5.97 Å². The van der Waals surface area contributed by atoms with Gasteiger partial charge >= 0.3 is 5.97 Å². The van der Waals surface area contributed by atoms with E-state index in [0.717, 1.165) is 5.56 Å². The summed E-state index contributed by atoms with van der Waals surface area (Å²) in [5.74, 6) is -0.802. The molecule has 0 atom stereocenters. The van der Waals surface area contributed by atoms with Crippen molar-refractivity contribution in [2.45, 2.75) is 13.5 Å². The van der Waals surface area contributed by atoms with Gasteiger partial charge in [0, 0.05) is 12.6 Å². The molecule has 3 aromatic rings. The zero-order valence-corrected chi connectivity index (χ0v) is 14.1. The van der Waals surface area contributed by atoms with Gasteiger partial charge in [-0.05, 0) is 12.5 Å². The van der Waals surface area contributed by atoms with Gasteiger partial charge in [-0.15, -0.1) is 0 Å². The fraction of sp³-hybridized carbons (Fsp3) is 0.150. The van der Waals surface area contributed by atoms with Crippen LogP contribution in [0.2, 0.25) is 0 Å². The Morgan fingerprint density at radius 3 is 2.24 bits per heavy atom. The van der Waals surface area contributed by atoms with Crippen LogP contribution in [0.1, 0.15) is 37.7 Å². The number of aromatic nitrogens is 2. The first-order valence-electron chi connectivity index (χ1n) is 7.92. The van der Waals surface area contributed by atoms with Crippen LogP contribution in [0.3, 0.4) is 0 Å². The lowest BCUT2D eigenvalue weighted by Crippen LogP contribution is -2.15. The van der Waals surface area contributed by atoms with E-state index in [1.165, 1.54) is 4.68 Å². The van der Waals surface area contributed by atoms with Gasteiger partial charge in [0.1, 0.15) is 6.61 Å². The molecule has 5 heteroatoms. The van der Waals surface area contributed by atoms with E-state index in [9.17, 15) is 9.59 Å². The highest BCUT2D eigenvalue weighted by Crippen LogP contribution is 2.19. The standard InChI is InChI=1S/C20H18N2O3/c1-14-17(19(23)16-11-7-4-8-12-16)18(22(2)21-14)20(24)25-13-15-9-5-3-6-10-15/h3-12H,13H2,1-2H3. The number of carbonyl (C=O) groups is 2. The first-order chi connectivity index (χ1) is 12.1. The lowest BCUT2D eigenvalue weighted by atomic mass is 10.0. The molecule has 5 nitrogen and oxygen atoms in total. The normalized spacial score (nSPS) is 10.5. The van der Waals surface area contributed by atoms with Crippen LogP contribution in [0, 0.1) is 6.92 Å². The Kier molecular flexibility index (Phi) is 4.75. The first kappa shape index (κ1) is 16.6. The molecule has 25 heavy (non-hydrogen) atoms. The Balaban J connectivity index is 1.89. The summed E-state index contributed by atoms with van der Waals surface area (Å²) in [5.41, 5.74) is 2.35. The first-order valence-corrected chi connectivity index (χ1v) is 7.92. The SMILES string of the molecule is Cc1nn(C)c(C(=O)OCc2ccccc2)c1C(=O)c1ccccc1. The maximum atomic E-state index is 12.8.